The number of hydrogen-bond acceptors (Lipinski definition) is 1. The van der Waals surface area contributed by atoms with Crippen molar-refractivity contribution in [2.45, 2.75) is 105 Å². The van der Waals surface area contributed by atoms with Gasteiger partial charge in [0.15, 0.2) is 0 Å². The van der Waals surface area contributed by atoms with Gasteiger partial charge in [0.2, 0.25) is 5.79 Å². The van der Waals surface area contributed by atoms with E-state index in [0.717, 1.165) is 24.2 Å². The predicted molar refractivity (Wildman–Crippen MR) is 123 cm³/mol. The van der Waals surface area contributed by atoms with Gasteiger partial charge in [0.25, 0.3) is 0 Å². The van der Waals surface area contributed by atoms with Crippen molar-refractivity contribution in [3.63, 3.8) is 0 Å². The van der Waals surface area contributed by atoms with Crippen LogP contribution in [0.2, 0.25) is 0 Å². The van der Waals surface area contributed by atoms with Crippen molar-refractivity contribution < 1.29 is 10.2 Å². The standard InChI is InChI=1S/C28H45O2/c1-18(2)8-7-9-19(3)23-12-13-24-22-11-10-21-17-28(29,30)20(4)16-27(21,6)25(22)14-15-26(23,24)5/h10-11,18-20,23-25,29H,7-9,12-17H2,1-6H3/t19-,20?,23-,24+,25+,26-,27+,28+/m1/s1. The van der Waals surface area contributed by atoms with E-state index < -0.39 is 5.79 Å². The molecule has 4 rings (SSSR count). The van der Waals surface area contributed by atoms with E-state index in [4.69, 9.17) is 0 Å². The van der Waals surface area contributed by atoms with E-state index in [1.165, 1.54) is 50.5 Å². The van der Waals surface area contributed by atoms with Crippen LogP contribution in [-0.4, -0.2) is 10.9 Å². The van der Waals surface area contributed by atoms with Crippen molar-refractivity contribution in [2.24, 2.45) is 46.3 Å². The molecular formula is C28H45O2. The quantitative estimate of drug-likeness (QED) is 0.471. The molecule has 0 aromatic heterocycles. The van der Waals surface area contributed by atoms with Crippen LogP contribution in [-0.2, 0) is 5.11 Å². The highest BCUT2D eigenvalue weighted by Gasteiger charge is 2.59. The van der Waals surface area contributed by atoms with Crippen LogP contribution in [0.15, 0.2) is 23.3 Å². The van der Waals surface area contributed by atoms with E-state index in [1.54, 1.807) is 5.57 Å². The highest BCUT2D eigenvalue weighted by molar-refractivity contribution is 5.39. The molecular weight excluding hydrogens is 368 g/mol. The van der Waals surface area contributed by atoms with Crippen LogP contribution < -0.4 is 0 Å². The summed E-state index contributed by atoms with van der Waals surface area (Å²) in [7, 11) is 0. The van der Waals surface area contributed by atoms with Crippen molar-refractivity contribution in [3.05, 3.63) is 23.3 Å². The molecule has 4 aliphatic rings. The molecule has 1 unspecified atom stereocenters. The van der Waals surface area contributed by atoms with Crippen molar-refractivity contribution >= 4 is 0 Å². The molecule has 0 aromatic rings. The molecule has 3 fully saturated rings. The monoisotopic (exact) mass is 413 g/mol. The highest BCUT2D eigenvalue weighted by Crippen LogP contribution is 2.66. The first-order valence-corrected chi connectivity index (χ1v) is 12.8. The fourth-order valence-electron chi connectivity index (χ4n) is 8.33. The Kier molecular flexibility index (Phi) is 5.85. The average molecular weight is 414 g/mol. The number of rotatable bonds is 5. The van der Waals surface area contributed by atoms with Crippen molar-refractivity contribution in [1.82, 2.24) is 0 Å². The van der Waals surface area contributed by atoms with Crippen LogP contribution in [0.1, 0.15) is 99.3 Å². The van der Waals surface area contributed by atoms with Crippen LogP contribution in [0.25, 0.3) is 0 Å². The summed E-state index contributed by atoms with van der Waals surface area (Å²) in [6.45, 7) is 14.2. The molecule has 8 atom stereocenters. The Labute approximate surface area is 185 Å². The molecule has 30 heavy (non-hydrogen) atoms. The Hall–Kier alpha value is -0.600. The third kappa shape index (κ3) is 3.54. The number of hydrogen-bond donors (Lipinski definition) is 1. The second-order valence-electron chi connectivity index (χ2n) is 12.5. The lowest BCUT2D eigenvalue weighted by molar-refractivity contribution is -0.253. The Morgan fingerprint density at radius 1 is 1.07 bits per heavy atom. The smallest absolute Gasteiger partial charge is 0.205 e. The van der Waals surface area contributed by atoms with E-state index in [9.17, 15) is 10.2 Å². The molecule has 169 valence electrons. The van der Waals surface area contributed by atoms with Gasteiger partial charge < -0.3 is 5.11 Å². The maximum atomic E-state index is 12.6. The van der Waals surface area contributed by atoms with Crippen molar-refractivity contribution in [3.8, 4) is 0 Å². The van der Waals surface area contributed by atoms with Gasteiger partial charge in [0.1, 0.15) is 0 Å². The lowest BCUT2D eigenvalue weighted by Gasteiger charge is -2.56. The van der Waals surface area contributed by atoms with Gasteiger partial charge in [-0.1, -0.05) is 84.1 Å². The van der Waals surface area contributed by atoms with Crippen LogP contribution >= 0.6 is 0 Å². The Balaban J connectivity index is 1.55. The molecule has 0 heterocycles. The van der Waals surface area contributed by atoms with Gasteiger partial charge in [-0.3, -0.25) is 0 Å². The summed E-state index contributed by atoms with van der Waals surface area (Å²) in [6.07, 6.45) is 15.2. The fourth-order valence-corrected chi connectivity index (χ4v) is 8.33. The predicted octanol–water partition coefficient (Wildman–Crippen LogP) is 7.31. The van der Waals surface area contributed by atoms with E-state index >= 15 is 0 Å². The lowest BCUT2D eigenvalue weighted by atomic mass is 9.49. The minimum Gasteiger partial charge on any atom is -0.363 e. The first-order valence-electron chi connectivity index (χ1n) is 12.8. The molecule has 1 N–H and O–H groups in total. The average Bonchev–Trinajstić information content (AvgIpc) is 3.00. The van der Waals surface area contributed by atoms with Crippen LogP contribution in [0.5, 0.6) is 0 Å². The van der Waals surface area contributed by atoms with E-state index in [-0.39, 0.29) is 11.3 Å². The second kappa shape index (κ2) is 7.77. The Morgan fingerprint density at radius 2 is 1.80 bits per heavy atom. The van der Waals surface area contributed by atoms with E-state index in [2.05, 4.69) is 46.8 Å². The fraction of sp³-hybridized carbons (Fsp3) is 0.857. The van der Waals surface area contributed by atoms with Gasteiger partial charge in [0.05, 0.1) is 0 Å². The molecule has 1 radical (unpaired) electrons. The molecule has 2 nitrogen and oxygen atoms in total. The van der Waals surface area contributed by atoms with Gasteiger partial charge in [-0.15, -0.1) is 0 Å². The third-order valence-electron chi connectivity index (χ3n) is 10.2. The van der Waals surface area contributed by atoms with Crippen LogP contribution in [0, 0.1) is 46.3 Å². The van der Waals surface area contributed by atoms with Crippen LogP contribution in [0.3, 0.4) is 0 Å². The maximum Gasteiger partial charge on any atom is 0.205 e. The van der Waals surface area contributed by atoms with Gasteiger partial charge >= 0.3 is 0 Å². The SMILES string of the molecule is CC(C)CCC[C@@H](C)[C@H]1CC[C@H]2C3=CC=C4C[C@@]([O])(O)C(C)C[C@]4(C)[C@H]3CC[C@]12C. The maximum absolute atomic E-state index is 12.6. The van der Waals surface area contributed by atoms with Gasteiger partial charge in [-0.05, 0) is 72.5 Å². The molecule has 0 bridgehead atoms. The Bertz CT molecular complexity index is 716. The largest absolute Gasteiger partial charge is 0.363 e. The molecule has 0 amide bonds. The number of fused-ring (bicyclic) bond motifs is 5. The summed E-state index contributed by atoms with van der Waals surface area (Å²) in [4.78, 5) is 0. The highest BCUT2D eigenvalue weighted by atomic mass is 16.5. The molecule has 0 spiro atoms. The normalized spacial score (nSPS) is 43.4. The minimum absolute atomic E-state index is 0.0719. The van der Waals surface area contributed by atoms with E-state index in [0.29, 0.717) is 23.7 Å². The molecule has 3 saturated carbocycles. The summed E-state index contributed by atoms with van der Waals surface area (Å²) >= 11 is 0. The van der Waals surface area contributed by atoms with Crippen molar-refractivity contribution in [2.75, 3.05) is 0 Å². The molecule has 2 heteroatoms. The Morgan fingerprint density at radius 3 is 2.50 bits per heavy atom. The van der Waals surface area contributed by atoms with Crippen molar-refractivity contribution in [1.29, 1.82) is 0 Å². The third-order valence-corrected chi connectivity index (χ3v) is 10.2. The van der Waals surface area contributed by atoms with Gasteiger partial charge in [-0.25, -0.2) is 0 Å². The molecule has 0 aromatic carbocycles. The molecule has 0 aliphatic heterocycles. The van der Waals surface area contributed by atoms with E-state index in [1.807, 2.05) is 6.92 Å². The zero-order valence-electron chi connectivity index (χ0n) is 20.3. The second-order valence-corrected chi connectivity index (χ2v) is 12.5. The zero-order chi connectivity index (χ0) is 21.9. The number of aliphatic hydroxyl groups is 1. The first kappa shape index (κ1) is 22.6. The summed E-state index contributed by atoms with van der Waals surface area (Å²) in [6, 6.07) is 0. The minimum atomic E-state index is -1.79. The first-order chi connectivity index (χ1) is 14.0. The zero-order valence-corrected chi connectivity index (χ0v) is 20.3. The van der Waals surface area contributed by atoms with Crippen LogP contribution in [0.4, 0.5) is 0 Å². The summed E-state index contributed by atoms with van der Waals surface area (Å²) in [5.74, 6) is 1.82. The number of allylic oxidation sites excluding steroid dienone is 3. The van der Waals surface area contributed by atoms with Gasteiger partial charge in [-0.2, -0.15) is 5.11 Å². The molecule has 0 saturated heterocycles. The molecule has 4 aliphatic carbocycles. The van der Waals surface area contributed by atoms with Gasteiger partial charge in [0, 0.05) is 12.3 Å². The summed E-state index contributed by atoms with van der Waals surface area (Å²) < 4.78 is 0. The summed E-state index contributed by atoms with van der Waals surface area (Å²) in [5, 5.41) is 23.0. The topological polar surface area (TPSA) is 40.1 Å². The summed E-state index contributed by atoms with van der Waals surface area (Å²) in [5.41, 5.74) is 3.42. The lowest BCUT2D eigenvalue weighted by Crippen LogP contribution is -2.51.